The quantitative estimate of drug-likeness (QED) is 0.497. The molecule has 1 fully saturated rings. The fraction of sp³-hybridized carbons (Fsp3) is 0.238. The minimum atomic E-state index is 0.170. The smallest absolute Gasteiger partial charge is 0.227 e. The van der Waals surface area contributed by atoms with E-state index in [-0.39, 0.29) is 5.91 Å². The topological polar surface area (TPSA) is 103 Å². The van der Waals surface area contributed by atoms with Crippen LogP contribution in [0.2, 0.25) is 0 Å². The van der Waals surface area contributed by atoms with E-state index in [0.717, 1.165) is 65.3 Å². The van der Waals surface area contributed by atoms with Crippen LogP contribution in [0.25, 0.3) is 33.5 Å². The molecule has 29 heavy (non-hydrogen) atoms. The number of piperazine rings is 1. The first-order chi connectivity index (χ1) is 14.3. The molecule has 0 unspecified atom stereocenters. The SMILES string of the molecule is O=C(Cc1cccc(-c2n[nH]c3ccc(-c4ncn[nH]4)cc23)c1)N1CCNCC1. The van der Waals surface area contributed by atoms with E-state index in [2.05, 4.69) is 36.8 Å². The van der Waals surface area contributed by atoms with Crippen molar-refractivity contribution in [1.29, 1.82) is 0 Å². The minimum absolute atomic E-state index is 0.170. The Morgan fingerprint density at radius 1 is 1.03 bits per heavy atom. The summed E-state index contributed by atoms with van der Waals surface area (Å²) in [5, 5.41) is 18.7. The number of rotatable bonds is 4. The Balaban J connectivity index is 1.45. The first kappa shape index (κ1) is 17.6. The lowest BCUT2D eigenvalue weighted by atomic mass is 10.0. The lowest BCUT2D eigenvalue weighted by molar-refractivity contribution is -0.131. The number of H-pyrrole nitrogens is 2. The summed E-state index contributed by atoms with van der Waals surface area (Å²) in [4.78, 5) is 18.8. The van der Waals surface area contributed by atoms with Crippen LogP contribution >= 0.6 is 0 Å². The molecule has 0 spiro atoms. The van der Waals surface area contributed by atoms with Gasteiger partial charge in [-0.1, -0.05) is 18.2 Å². The number of carbonyl (C=O) groups excluding carboxylic acids is 1. The fourth-order valence-electron chi connectivity index (χ4n) is 3.76. The summed E-state index contributed by atoms with van der Waals surface area (Å²) >= 11 is 0. The van der Waals surface area contributed by atoms with E-state index >= 15 is 0 Å². The van der Waals surface area contributed by atoms with Gasteiger partial charge in [-0.2, -0.15) is 10.2 Å². The van der Waals surface area contributed by atoms with Crippen LogP contribution in [0.4, 0.5) is 0 Å². The van der Waals surface area contributed by atoms with Crippen LogP contribution in [0.3, 0.4) is 0 Å². The van der Waals surface area contributed by atoms with Crippen molar-refractivity contribution in [3.05, 3.63) is 54.4 Å². The van der Waals surface area contributed by atoms with Crippen molar-refractivity contribution in [3.63, 3.8) is 0 Å². The predicted octanol–water partition coefficient (Wildman–Crippen LogP) is 1.99. The summed E-state index contributed by atoms with van der Waals surface area (Å²) in [6.07, 6.45) is 1.90. The van der Waals surface area contributed by atoms with Gasteiger partial charge in [-0.25, -0.2) is 4.98 Å². The predicted molar refractivity (Wildman–Crippen MR) is 110 cm³/mol. The van der Waals surface area contributed by atoms with Gasteiger partial charge in [0, 0.05) is 42.7 Å². The maximum absolute atomic E-state index is 12.6. The summed E-state index contributed by atoms with van der Waals surface area (Å²) in [5.41, 5.74) is 4.73. The normalized spacial score (nSPS) is 14.4. The number of hydrogen-bond acceptors (Lipinski definition) is 5. The van der Waals surface area contributed by atoms with Crippen LogP contribution in [-0.2, 0) is 11.2 Å². The van der Waals surface area contributed by atoms with E-state index in [0.29, 0.717) is 6.42 Å². The molecule has 1 amide bonds. The van der Waals surface area contributed by atoms with Gasteiger partial charge < -0.3 is 10.2 Å². The van der Waals surface area contributed by atoms with Gasteiger partial charge in [-0.15, -0.1) is 0 Å². The number of nitrogens with one attached hydrogen (secondary N) is 3. The van der Waals surface area contributed by atoms with Crippen molar-refractivity contribution in [1.82, 2.24) is 35.6 Å². The minimum Gasteiger partial charge on any atom is -0.340 e. The highest BCUT2D eigenvalue weighted by Crippen LogP contribution is 2.30. The number of nitrogens with zero attached hydrogens (tertiary/aromatic N) is 4. The second-order valence-electron chi connectivity index (χ2n) is 7.17. The second-order valence-corrected chi connectivity index (χ2v) is 7.17. The van der Waals surface area contributed by atoms with Crippen LogP contribution in [0, 0.1) is 0 Å². The molecule has 0 radical (unpaired) electrons. The van der Waals surface area contributed by atoms with E-state index in [9.17, 15) is 4.79 Å². The highest BCUT2D eigenvalue weighted by Gasteiger charge is 2.17. The van der Waals surface area contributed by atoms with Crippen LogP contribution in [0.5, 0.6) is 0 Å². The van der Waals surface area contributed by atoms with Gasteiger partial charge in [0.25, 0.3) is 0 Å². The zero-order valence-corrected chi connectivity index (χ0v) is 15.9. The van der Waals surface area contributed by atoms with Crippen molar-refractivity contribution < 1.29 is 4.79 Å². The summed E-state index contributed by atoms with van der Waals surface area (Å²) in [6, 6.07) is 14.1. The molecule has 0 saturated carbocycles. The Labute approximate surface area is 167 Å². The Hall–Kier alpha value is -3.52. The van der Waals surface area contributed by atoms with Crippen LogP contribution in [0.15, 0.2) is 48.8 Å². The molecule has 4 aromatic rings. The molecule has 5 rings (SSSR count). The average Bonchev–Trinajstić information content (AvgIpc) is 3.44. The third-order valence-corrected chi connectivity index (χ3v) is 5.28. The average molecular weight is 387 g/mol. The van der Waals surface area contributed by atoms with Gasteiger partial charge in [-0.3, -0.25) is 15.0 Å². The molecular weight excluding hydrogens is 366 g/mol. The van der Waals surface area contributed by atoms with Gasteiger partial charge in [0.15, 0.2) is 5.82 Å². The molecule has 0 aliphatic carbocycles. The van der Waals surface area contributed by atoms with E-state index in [1.807, 2.05) is 41.3 Å². The van der Waals surface area contributed by atoms with Gasteiger partial charge in [0.05, 0.1) is 17.6 Å². The third kappa shape index (κ3) is 3.50. The Morgan fingerprint density at radius 3 is 2.76 bits per heavy atom. The molecule has 1 aliphatic rings. The zero-order chi connectivity index (χ0) is 19.6. The van der Waals surface area contributed by atoms with Gasteiger partial charge in [-0.05, 0) is 29.8 Å². The number of aromatic amines is 2. The monoisotopic (exact) mass is 387 g/mol. The molecular formula is C21H21N7O. The summed E-state index contributed by atoms with van der Waals surface area (Å²) in [6.45, 7) is 3.26. The maximum Gasteiger partial charge on any atom is 0.227 e. The van der Waals surface area contributed by atoms with Crippen LogP contribution < -0.4 is 5.32 Å². The molecule has 8 nitrogen and oxygen atoms in total. The Morgan fingerprint density at radius 2 is 1.93 bits per heavy atom. The van der Waals surface area contributed by atoms with Crippen molar-refractivity contribution >= 4 is 16.8 Å². The lowest BCUT2D eigenvalue weighted by Crippen LogP contribution is -2.46. The van der Waals surface area contributed by atoms with Crippen molar-refractivity contribution in [3.8, 4) is 22.6 Å². The maximum atomic E-state index is 12.6. The Bertz CT molecular complexity index is 1140. The van der Waals surface area contributed by atoms with E-state index in [4.69, 9.17) is 0 Å². The molecule has 0 bridgehead atoms. The standard InChI is InChI=1S/C21H21N7O/c29-19(28-8-6-22-7-9-28)11-14-2-1-3-15(10-14)20-17-12-16(21-23-13-24-27-21)4-5-18(17)25-26-20/h1-5,10,12-13,22H,6-9,11H2,(H,25,26)(H,23,24,27). The van der Waals surface area contributed by atoms with Crippen molar-refractivity contribution in [2.45, 2.75) is 6.42 Å². The largest absolute Gasteiger partial charge is 0.340 e. The molecule has 0 atom stereocenters. The van der Waals surface area contributed by atoms with Crippen molar-refractivity contribution in [2.24, 2.45) is 0 Å². The highest BCUT2D eigenvalue weighted by atomic mass is 16.2. The molecule has 8 heteroatoms. The second kappa shape index (κ2) is 7.48. The fourth-order valence-corrected chi connectivity index (χ4v) is 3.76. The van der Waals surface area contributed by atoms with Crippen molar-refractivity contribution in [2.75, 3.05) is 26.2 Å². The van der Waals surface area contributed by atoms with E-state index < -0.39 is 0 Å². The summed E-state index contributed by atoms with van der Waals surface area (Å²) in [7, 11) is 0. The molecule has 2 aromatic carbocycles. The molecule has 3 heterocycles. The lowest BCUT2D eigenvalue weighted by Gasteiger charge is -2.27. The molecule has 2 aromatic heterocycles. The highest BCUT2D eigenvalue weighted by molar-refractivity contribution is 5.95. The first-order valence-electron chi connectivity index (χ1n) is 9.69. The summed E-state index contributed by atoms with van der Waals surface area (Å²) in [5.74, 6) is 0.887. The molecule has 1 saturated heterocycles. The Kier molecular flexibility index (Phi) is 4.53. The molecule has 3 N–H and O–H groups in total. The number of benzene rings is 2. The number of hydrogen-bond donors (Lipinski definition) is 3. The van der Waals surface area contributed by atoms with E-state index in [1.165, 1.54) is 6.33 Å². The van der Waals surface area contributed by atoms with Crippen LogP contribution in [0.1, 0.15) is 5.56 Å². The first-order valence-corrected chi connectivity index (χ1v) is 9.69. The number of carbonyl (C=O) groups is 1. The van der Waals surface area contributed by atoms with Gasteiger partial charge >= 0.3 is 0 Å². The number of aromatic nitrogens is 5. The van der Waals surface area contributed by atoms with E-state index in [1.54, 1.807) is 0 Å². The van der Waals surface area contributed by atoms with Gasteiger partial charge in [0.1, 0.15) is 6.33 Å². The zero-order valence-electron chi connectivity index (χ0n) is 15.9. The molecule has 1 aliphatic heterocycles. The molecule has 146 valence electrons. The van der Waals surface area contributed by atoms with Gasteiger partial charge in [0.2, 0.25) is 5.91 Å². The number of amides is 1. The third-order valence-electron chi connectivity index (χ3n) is 5.28. The summed E-state index contributed by atoms with van der Waals surface area (Å²) < 4.78 is 0. The number of fused-ring (bicyclic) bond motifs is 1. The van der Waals surface area contributed by atoms with Crippen LogP contribution in [-0.4, -0.2) is 62.4 Å².